The molecular weight excluding hydrogens is 324 g/mol. The normalized spacial score (nSPS) is 15.5. The van der Waals surface area contributed by atoms with E-state index >= 15 is 0 Å². The third-order valence-corrected chi connectivity index (χ3v) is 4.62. The van der Waals surface area contributed by atoms with Crippen LogP contribution in [0.15, 0.2) is 60.7 Å². The van der Waals surface area contributed by atoms with Crippen molar-refractivity contribution in [1.29, 1.82) is 0 Å². The maximum absolute atomic E-state index is 12.7. The topological polar surface area (TPSA) is 32.8 Å². The fourth-order valence-electron chi connectivity index (χ4n) is 3.18. The number of piperazine rings is 1. The Bertz CT molecular complexity index is 735. The van der Waals surface area contributed by atoms with Crippen molar-refractivity contribution in [1.82, 2.24) is 9.80 Å². The molecule has 0 unspecified atom stereocenters. The summed E-state index contributed by atoms with van der Waals surface area (Å²) in [7, 11) is 1.67. The molecule has 4 heteroatoms. The second kappa shape index (κ2) is 9.32. The molecule has 0 spiro atoms. The summed E-state index contributed by atoms with van der Waals surface area (Å²) < 4.78 is 5.15. The third-order valence-electron chi connectivity index (χ3n) is 4.62. The van der Waals surface area contributed by atoms with Gasteiger partial charge in [0.05, 0.1) is 6.61 Å². The Balaban J connectivity index is 1.49. The summed E-state index contributed by atoms with van der Waals surface area (Å²) in [4.78, 5) is 17.0. The molecule has 3 rings (SSSR count). The van der Waals surface area contributed by atoms with Crippen LogP contribution >= 0.6 is 0 Å². The van der Waals surface area contributed by atoms with Crippen LogP contribution in [0, 0.1) is 0 Å². The summed E-state index contributed by atoms with van der Waals surface area (Å²) >= 11 is 0. The monoisotopic (exact) mass is 350 g/mol. The van der Waals surface area contributed by atoms with E-state index in [9.17, 15) is 4.79 Å². The summed E-state index contributed by atoms with van der Waals surface area (Å²) in [5.74, 6) is 0.113. The van der Waals surface area contributed by atoms with Gasteiger partial charge in [0.1, 0.15) is 0 Å². The predicted molar refractivity (Wildman–Crippen MR) is 105 cm³/mol. The Morgan fingerprint density at radius 1 is 1.04 bits per heavy atom. The smallest absolute Gasteiger partial charge is 0.253 e. The molecule has 1 aliphatic heterocycles. The molecule has 136 valence electrons. The molecule has 1 amide bonds. The van der Waals surface area contributed by atoms with Crippen LogP contribution in [-0.2, 0) is 11.3 Å². The van der Waals surface area contributed by atoms with Crippen LogP contribution in [0.25, 0.3) is 6.08 Å². The van der Waals surface area contributed by atoms with E-state index in [1.807, 2.05) is 47.4 Å². The van der Waals surface area contributed by atoms with Gasteiger partial charge in [0.2, 0.25) is 0 Å². The summed E-state index contributed by atoms with van der Waals surface area (Å²) in [6.45, 7) is 4.80. The van der Waals surface area contributed by atoms with Crippen LogP contribution < -0.4 is 0 Å². The maximum Gasteiger partial charge on any atom is 0.253 e. The van der Waals surface area contributed by atoms with Crippen LogP contribution in [0.5, 0.6) is 0 Å². The van der Waals surface area contributed by atoms with Gasteiger partial charge >= 0.3 is 0 Å². The molecule has 0 aliphatic carbocycles. The predicted octanol–water partition coefficient (Wildman–Crippen LogP) is 3.30. The van der Waals surface area contributed by atoms with Crippen molar-refractivity contribution in [2.24, 2.45) is 0 Å². The van der Waals surface area contributed by atoms with Gasteiger partial charge in [-0.2, -0.15) is 0 Å². The minimum atomic E-state index is 0.113. The van der Waals surface area contributed by atoms with E-state index in [2.05, 4.69) is 29.2 Å². The minimum absolute atomic E-state index is 0.113. The van der Waals surface area contributed by atoms with Gasteiger partial charge in [-0.05, 0) is 23.3 Å². The number of hydrogen-bond donors (Lipinski definition) is 0. The highest BCUT2D eigenvalue weighted by Crippen LogP contribution is 2.12. The van der Waals surface area contributed by atoms with E-state index in [1.54, 1.807) is 7.11 Å². The summed E-state index contributed by atoms with van der Waals surface area (Å²) in [6.07, 6.45) is 4.35. The van der Waals surface area contributed by atoms with E-state index in [0.717, 1.165) is 43.9 Å². The number of methoxy groups -OCH3 is 1. The maximum atomic E-state index is 12.7. The molecule has 2 aromatic rings. The first-order valence-electron chi connectivity index (χ1n) is 9.07. The SMILES string of the molecule is COCc1cccc(C(=O)N2CCN(C/C=C/c3ccccc3)CC2)c1. The molecule has 26 heavy (non-hydrogen) atoms. The number of nitrogens with zero attached hydrogens (tertiary/aromatic N) is 2. The van der Waals surface area contributed by atoms with Crippen molar-refractivity contribution in [3.63, 3.8) is 0 Å². The van der Waals surface area contributed by atoms with Crippen molar-refractivity contribution in [3.05, 3.63) is 77.4 Å². The third kappa shape index (κ3) is 5.04. The van der Waals surface area contributed by atoms with Crippen molar-refractivity contribution < 1.29 is 9.53 Å². The van der Waals surface area contributed by atoms with Crippen molar-refractivity contribution in [3.8, 4) is 0 Å². The van der Waals surface area contributed by atoms with Crippen molar-refractivity contribution >= 4 is 12.0 Å². The number of rotatable bonds is 6. The molecule has 2 aromatic carbocycles. The first kappa shape index (κ1) is 18.4. The average molecular weight is 350 g/mol. The van der Waals surface area contributed by atoms with E-state index in [-0.39, 0.29) is 5.91 Å². The quantitative estimate of drug-likeness (QED) is 0.801. The molecule has 0 radical (unpaired) electrons. The molecule has 0 N–H and O–H groups in total. The lowest BCUT2D eigenvalue weighted by molar-refractivity contribution is 0.0650. The Morgan fingerprint density at radius 3 is 2.54 bits per heavy atom. The number of ether oxygens (including phenoxy) is 1. The molecule has 0 atom stereocenters. The van der Waals surface area contributed by atoms with Gasteiger partial charge in [-0.1, -0.05) is 54.6 Å². The van der Waals surface area contributed by atoms with Gasteiger partial charge in [-0.15, -0.1) is 0 Å². The molecule has 1 heterocycles. The van der Waals surface area contributed by atoms with Gasteiger partial charge in [-0.3, -0.25) is 9.69 Å². The fraction of sp³-hybridized carbons (Fsp3) is 0.318. The molecule has 0 aromatic heterocycles. The van der Waals surface area contributed by atoms with E-state index in [4.69, 9.17) is 4.74 Å². The molecule has 0 saturated carbocycles. The Labute approximate surface area is 155 Å². The van der Waals surface area contributed by atoms with E-state index < -0.39 is 0 Å². The van der Waals surface area contributed by atoms with Crippen LogP contribution in [0.3, 0.4) is 0 Å². The first-order chi connectivity index (χ1) is 12.8. The number of carbonyl (C=O) groups excluding carboxylic acids is 1. The summed E-state index contributed by atoms with van der Waals surface area (Å²) in [6, 6.07) is 18.0. The van der Waals surface area contributed by atoms with Crippen LogP contribution in [0.2, 0.25) is 0 Å². The second-order valence-corrected chi connectivity index (χ2v) is 6.54. The highest BCUT2D eigenvalue weighted by atomic mass is 16.5. The zero-order valence-electron chi connectivity index (χ0n) is 15.3. The van der Waals surface area contributed by atoms with Gasteiger partial charge in [-0.25, -0.2) is 0 Å². The molecular formula is C22H26N2O2. The van der Waals surface area contributed by atoms with E-state index in [1.165, 1.54) is 5.56 Å². The second-order valence-electron chi connectivity index (χ2n) is 6.54. The highest BCUT2D eigenvalue weighted by molar-refractivity contribution is 5.94. The lowest BCUT2D eigenvalue weighted by Gasteiger charge is -2.34. The molecule has 1 aliphatic rings. The van der Waals surface area contributed by atoms with Gasteiger partial charge in [0, 0.05) is 45.4 Å². The largest absolute Gasteiger partial charge is 0.380 e. The average Bonchev–Trinajstić information content (AvgIpc) is 2.69. The Hall–Kier alpha value is -2.43. The van der Waals surface area contributed by atoms with E-state index in [0.29, 0.717) is 6.61 Å². The number of hydrogen-bond acceptors (Lipinski definition) is 3. The van der Waals surface area contributed by atoms with Gasteiger partial charge in [0.15, 0.2) is 0 Å². The van der Waals surface area contributed by atoms with Crippen molar-refractivity contribution in [2.45, 2.75) is 6.61 Å². The molecule has 0 bridgehead atoms. The fourth-order valence-corrected chi connectivity index (χ4v) is 3.18. The highest BCUT2D eigenvalue weighted by Gasteiger charge is 2.21. The molecule has 1 fully saturated rings. The van der Waals surface area contributed by atoms with Crippen LogP contribution in [0.1, 0.15) is 21.5 Å². The van der Waals surface area contributed by atoms with Gasteiger partial charge < -0.3 is 9.64 Å². The number of amides is 1. The van der Waals surface area contributed by atoms with Crippen molar-refractivity contribution in [2.75, 3.05) is 39.8 Å². The lowest BCUT2D eigenvalue weighted by atomic mass is 10.1. The standard InChI is InChI=1S/C22H26N2O2/c1-26-18-20-9-5-11-21(17-20)22(25)24-15-13-23(14-16-24)12-6-10-19-7-3-2-4-8-19/h2-11,17H,12-16,18H2,1H3/b10-6+. The number of benzene rings is 2. The first-order valence-corrected chi connectivity index (χ1v) is 9.07. The lowest BCUT2D eigenvalue weighted by Crippen LogP contribution is -2.48. The number of carbonyl (C=O) groups is 1. The molecule has 1 saturated heterocycles. The minimum Gasteiger partial charge on any atom is -0.380 e. The Kier molecular flexibility index (Phi) is 6.58. The zero-order chi connectivity index (χ0) is 18.2. The molecule has 4 nitrogen and oxygen atoms in total. The zero-order valence-corrected chi connectivity index (χ0v) is 15.3. The van der Waals surface area contributed by atoms with Crippen LogP contribution in [-0.4, -0.2) is 55.5 Å². The Morgan fingerprint density at radius 2 is 1.81 bits per heavy atom. The summed E-state index contributed by atoms with van der Waals surface area (Å²) in [5, 5.41) is 0. The summed E-state index contributed by atoms with van der Waals surface area (Å²) in [5.41, 5.74) is 3.00. The van der Waals surface area contributed by atoms with Crippen LogP contribution in [0.4, 0.5) is 0 Å². The van der Waals surface area contributed by atoms with Gasteiger partial charge in [0.25, 0.3) is 5.91 Å².